The molecular formula is C16H27ClN2S. The highest BCUT2D eigenvalue weighted by Gasteiger charge is 2.22. The molecule has 0 spiro atoms. The molecule has 0 saturated carbocycles. The van der Waals surface area contributed by atoms with E-state index >= 15 is 0 Å². The van der Waals surface area contributed by atoms with Crippen molar-refractivity contribution >= 4 is 22.9 Å². The second kappa shape index (κ2) is 7.77. The SMILES string of the molecule is CC1(C)CCCN(CCCCc2nc(CCl)cs2)CC1. The summed E-state index contributed by atoms with van der Waals surface area (Å²) in [5.41, 5.74) is 1.58. The van der Waals surface area contributed by atoms with Crippen LogP contribution in [0.4, 0.5) is 0 Å². The number of hydrogen-bond donors (Lipinski definition) is 0. The predicted octanol–water partition coefficient (Wildman–Crippen LogP) is 4.72. The first-order valence-electron chi connectivity index (χ1n) is 7.81. The maximum Gasteiger partial charge on any atom is 0.0928 e. The van der Waals surface area contributed by atoms with Crippen LogP contribution in [0.25, 0.3) is 0 Å². The molecule has 0 aromatic carbocycles. The summed E-state index contributed by atoms with van der Waals surface area (Å²) in [6, 6.07) is 0. The Morgan fingerprint density at radius 3 is 2.90 bits per heavy atom. The molecule has 20 heavy (non-hydrogen) atoms. The van der Waals surface area contributed by atoms with Crippen molar-refractivity contribution in [2.75, 3.05) is 19.6 Å². The summed E-state index contributed by atoms with van der Waals surface area (Å²) >= 11 is 7.53. The Morgan fingerprint density at radius 2 is 2.15 bits per heavy atom. The van der Waals surface area contributed by atoms with Crippen LogP contribution in [0.5, 0.6) is 0 Å². The van der Waals surface area contributed by atoms with Crippen LogP contribution in [0.3, 0.4) is 0 Å². The number of likely N-dealkylation sites (tertiary alicyclic amines) is 1. The number of aromatic nitrogens is 1. The summed E-state index contributed by atoms with van der Waals surface area (Å²) in [6.07, 6.45) is 7.73. The average Bonchev–Trinajstić information content (AvgIpc) is 2.80. The van der Waals surface area contributed by atoms with E-state index in [9.17, 15) is 0 Å². The van der Waals surface area contributed by atoms with Gasteiger partial charge in [0.15, 0.2) is 0 Å². The molecule has 2 nitrogen and oxygen atoms in total. The van der Waals surface area contributed by atoms with Gasteiger partial charge < -0.3 is 4.90 Å². The monoisotopic (exact) mass is 314 g/mol. The number of thiazole rings is 1. The van der Waals surface area contributed by atoms with Crippen LogP contribution >= 0.6 is 22.9 Å². The van der Waals surface area contributed by atoms with Gasteiger partial charge in [0.05, 0.1) is 16.6 Å². The number of aryl methyl sites for hydroxylation is 1. The van der Waals surface area contributed by atoms with Gasteiger partial charge in [0, 0.05) is 5.38 Å². The third-order valence-electron chi connectivity index (χ3n) is 4.28. The molecule has 2 rings (SSSR count). The van der Waals surface area contributed by atoms with E-state index < -0.39 is 0 Å². The number of halogens is 1. The van der Waals surface area contributed by atoms with Crippen molar-refractivity contribution in [1.82, 2.24) is 9.88 Å². The average molecular weight is 315 g/mol. The van der Waals surface area contributed by atoms with Crippen LogP contribution in [0, 0.1) is 5.41 Å². The molecular weight excluding hydrogens is 288 g/mol. The van der Waals surface area contributed by atoms with Gasteiger partial charge in [-0.2, -0.15) is 0 Å². The minimum absolute atomic E-state index is 0.542. The first kappa shape index (κ1) is 16.3. The van der Waals surface area contributed by atoms with Gasteiger partial charge in [0.2, 0.25) is 0 Å². The Hall–Kier alpha value is -0.120. The summed E-state index contributed by atoms with van der Waals surface area (Å²) in [4.78, 5) is 7.17. The zero-order chi connectivity index (χ0) is 14.4. The van der Waals surface area contributed by atoms with Gasteiger partial charge in [-0.05, 0) is 63.6 Å². The zero-order valence-corrected chi connectivity index (χ0v) is 14.4. The number of rotatable bonds is 6. The molecule has 0 bridgehead atoms. The topological polar surface area (TPSA) is 16.1 Å². The first-order valence-corrected chi connectivity index (χ1v) is 9.22. The van der Waals surface area contributed by atoms with E-state index in [1.54, 1.807) is 11.3 Å². The van der Waals surface area contributed by atoms with Crippen LogP contribution in [0.15, 0.2) is 5.38 Å². The minimum Gasteiger partial charge on any atom is -0.303 e. The van der Waals surface area contributed by atoms with Gasteiger partial charge in [-0.3, -0.25) is 0 Å². The Labute approximate surface area is 132 Å². The molecule has 0 atom stereocenters. The number of hydrogen-bond acceptors (Lipinski definition) is 3. The van der Waals surface area contributed by atoms with Crippen LogP contribution in [0.2, 0.25) is 0 Å². The van der Waals surface area contributed by atoms with E-state index in [4.69, 9.17) is 11.6 Å². The summed E-state index contributed by atoms with van der Waals surface area (Å²) < 4.78 is 0. The molecule has 0 unspecified atom stereocenters. The van der Waals surface area contributed by atoms with Gasteiger partial charge in [-0.15, -0.1) is 22.9 Å². The first-order chi connectivity index (χ1) is 9.59. The third kappa shape index (κ3) is 5.34. The van der Waals surface area contributed by atoms with Gasteiger partial charge in [-0.1, -0.05) is 13.8 Å². The van der Waals surface area contributed by atoms with Gasteiger partial charge in [-0.25, -0.2) is 4.98 Å². The fourth-order valence-corrected chi connectivity index (χ4v) is 3.91. The van der Waals surface area contributed by atoms with Crippen LogP contribution < -0.4 is 0 Å². The molecule has 1 aromatic rings. The zero-order valence-electron chi connectivity index (χ0n) is 12.8. The molecule has 114 valence electrons. The van der Waals surface area contributed by atoms with Gasteiger partial charge >= 0.3 is 0 Å². The highest BCUT2D eigenvalue weighted by Crippen LogP contribution is 2.29. The van der Waals surface area contributed by atoms with Crippen molar-refractivity contribution in [3.05, 3.63) is 16.1 Å². The maximum absolute atomic E-state index is 5.78. The number of nitrogens with zero attached hydrogens (tertiary/aromatic N) is 2. The predicted molar refractivity (Wildman–Crippen MR) is 88.7 cm³/mol. The van der Waals surface area contributed by atoms with E-state index in [2.05, 4.69) is 29.1 Å². The van der Waals surface area contributed by atoms with Crippen molar-refractivity contribution in [3.63, 3.8) is 0 Å². The summed E-state index contributed by atoms with van der Waals surface area (Å²) in [6.45, 7) is 8.64. The van der Waals surface area contributed by atoms with Crippen molar-refractivity contribution in [2.45, 2.75) is 58.3 Å². The second-order valence-electron chi connectivity index (χ2n) is 6.68. The summed E-state index contributed by atoms with van der Waals surface area (Å²) in [5, 5.41) is 3.33. The molecule has 0 aliphatic carbocycles. The molecule has 1 aliphatic rings. The quantitative estimate of drug-likeness (QED) is 0.558. The van der Waals surface area contributed by atoms with Crippen molar-refractivity contribution in [3.8, 4) is 0 Å². The van der Waals surface area contributed by atoms with E-state index in [1.807, 2.05) is 0 Å². The van der Waals surface area contributed by atoms with Crippen molar-refractivity contribution in [1.29, 1.82) is 0 Å². The minimum atomic E-state index is 0.542. The Balaban J connectivity index is 1.63. The third-order valence-corrected chi connectivity index (χ3v) is 5.52. The Morgan fingerprint density at radius 1 is 1.30 bits per heavy atom. The smallest absolute Gasteiger partial charge is 0.0928 e. The van der Waals surface area contributed by atoms with E-state index in [-0.39, 0.29) is 0 Å². The highest BCUT2D eigenvalue weighted by molar-refractivity contribution is 7.09. The lowest BCUT2D eigenvalue weighted by Crippen LogP contribution is -2.26. The lowest BCUT2D eigenvalue weighted by Gasteiger charge is -2.23. The molecule has 1 fully saturated rings. The second-order valence-corrected chi connectivity index (χ2v) is 7.89. The van der Waals surface area contributed by atoms with E-state index in [0.717, 1.165) is 12.1 Å². The van der Waals surface area contributed by atoms with Crippen LogP contribution in [-0.4, -0.2) is 29.5 Å². The maximum atomic E-state index is 5.78. The molecule has 1 saturated heterocycles. The summed E-state index contributed by atoms with van der Waals surface area (Å²) in [7, 11) is 0. The number of unbranched alkanes of at least 4 members (excludes halogenated alkanes) is 1. The van der Waals surface area contributed by atoms with E-state index in [0.29, 0.717) is 11.3 Å². The lowest BCUT2D eigenvalue weighted by molar-refractivity contribution is 0.258. The molecule has 0 amide bonds. The normalized spacial score (nSPS) is 19.9. The fraction of sp³-hybridized carbons (Fsp3) is 0.812. The molecule has 0 radical (unpaired) electrons. The molecule has 0 N–H and O–H groups in total. The Kier molecular flexibility index (Phi) is 6.31. The number of alkyl halides is 1. The summed E-state index contributed by atoms with van der Waals surface area (Å²) in [5.74, 6) is 0.542. The fourth-order valence-electron chi connectivity index (χ4n) is 2.84. The van der Waals surface area contributed by atoms with Crippen LogP contribution in [-0.2, 0) is 12.3 Å². The largest absolute Gasteiger partial charge is 0.303 e. The van der Waals surface area contributed by atoms with Crippen molar-refractivity contribution in [2.24, 2.45) is 5.41 Å². The molecule has 2 heterocycles. The van der Waals surface area contributed by atoms with E-state index in [1.165, 1.54) is 56.7 Å². The molecule has 1 aliphatic heterocycles. The molecule has 4 heteroatoms. The highest BCUT2D eigenvalue weighted by atomic mass is 35.5. The Bertz CT molecular complexity index is 403. The lowest BCUT2D eigenvalue weighted by atomic mass is 9.85. The van der Waals surface area contributed by atoms with Crippen LogP contribution in [0.1, 0.15) is 56.7 Å². The van der Waals surface area contributed by atoms with Crippen molar-refractivity contribution < 1.29 is 0 Å². The van der Waals surface area contributed by atoms with Gasteiger partial charge in [0.25, 0.3) is 0 Å². The molecule has 1 aromatic heterocycles. The van der Waals surface area contributed by atoms with Gasteiger partial charge in [0.1, 0.15) is 0 Å². The standard InChI is InChI=1S/C16H27ClN2S/c1-16(2)7-5-10-19(11-8-16)9-4-3-6-15-18-14(12-17)13-20-15/h13H,3-12H2,1-2H3.